The van der Waals surface area contributed by atoms with E-state index in [-0.39, 0.29) is 17.6 Å². The van der Waals surface area contributed by atoms with Crippen LogP contribution < -0.4 is 5.73 Å². The fraction of sp³-hybridized carbons (Fsp3) is 0.591. The molecule has 2 heterocycles. The molecule has 2 saturated heterocycles. The SMILES string of the molecule is CC(=O)[C@H](CCc1ccccc1)N1C(=O)[C@@H]2CCCN2C(=O)[C@@H]1CCCCN. The summed E-state index contributed by atoms with van der Waals surface area (Å²) in [5, 5.41) is 0. The maximum absolute atomic E-state index is 13.3. The highest BCUT2D eigenvalue weighted by molar-refractivity contribution is 6.00. The Labute approximate surface area is 167 Å². The molecule has 6 nitrogen and oxygen atoms in total. The van der Waals surface area contributed by atoms with Crippen molar-refractivity contribution in [2.24, 2.45) is 5.73 Å². The number of unbranched alkanes of at least 4 members (excludes halogenated alkanes) is 1. The van der Waals surface area contributed by atoms with Gasteiger partial charge < -0.3 is 15.5 Å². The standard InChI is InChI=1S/C22H31N3O3/c1-16(26)18(13-12-17-8-3-2-4-9-17)25-20(10-5-6-14-23)21(27)24-15-7-11-19(24)22(25)28/h2-4,8-9,18-20H,5-7,10-15,23H2,1H3/t18-,19-,20-/m0/s1. The number of nitrogens with zero attached hydrogens (tertiary/aromatic N) is 2. The van der Waals surface area contributed by atoms with Gasteiger partial charge in [0.05, 0.1) is 6.04 Å². The number of Topliss-reactive ketones (excluding diaryl/α,β-unsaturated/α-hetero) is 1. The van der Waals surface area contributed by atoms with Crippen LogP contribution in [0.3, 0.4) is 0 Å². The normalized spacial score (nSPS) is 23.1. The molecule has 0 bridgehead atoms. The van der Waals surface area contributed by atoms with Crippen LogP contribution in [0.2, 0.25) is 0 Å². The number of hydrogen-bond acceptors (Lipinski definition) is 4. The van der Waals surface area contributed by atoms with Gasteiger partial charge in [0, 0.05) is 6.54 Å². The highest BCUT2D eigenvalue weighted by Crippen LogP contribution is 2.31. The molecule has 2 N–H and O–H groups in total. The Hall–Kier alpha value is -2.21. The van der Waals surface area contributed by atoms with Gasteiger partial charge in [0.15, 0.2) is 5.78 Å². The van der Waals surface area contributed by atoms with E-state index >= 15 is 0 Å². The first kappa shape index (κ1) is 20.5. The van der Waals surface area contributed by atoms with Crippen molar-refractivity contribution in [2.75, 3.05) is 13.1 Å². The van der Waals surface area contributed by atoms with E-state index in [1.165, 1.54) is 6.92 Å². The third kappa shape index (κ3) is 4.27. The number of benzene rings is 1. The van der Waals surface area contributed by atoms with Crippen LogP contribution >= 0.6 is 0 Å². The third-order valence-electron chi connectivity index (χ3n) is 5.98. The first-order chi connectivity index (χ1) is 13.5. The average Bonchev–Trinajstić information content (AvgIpc) is 3.18. The van der Waals surface area contributed by atoms with Gasteiger partial charge in [-0.2, -0.15) is 0 Å². The van der Waals surface area contributed by atoms with Crippen molar-refractivity contribution in [2.45, 2.75) is 70.0 Å². The van der Waals surface area contributed by atoms with Crippen LogP contribution in [0, 0.1) is 0 Å². The Morgan fingerprint density at radius 2 is 1.93 bits per heavy atom. The molecule has 1 aromatic carbocycles. The number of carbonyl (C=O) groups is 3. The predicted octanol–water partition coefficient (Wildman–Crippen LogP) is 1.91. The van der Waals surface area contributed by atoms with Gasteiger partial charge in [0.2, 0.25) is 11.8 Å². The highest BCUT2D eigenvalue weighted by atomic mass is 16.2. The lowest BCUT2D eigenvalue weighted by molar-refractivity contribution is -0.164. The highest BCUT2D eigenvalue weighted by Gasteiger charge is 2.50. The number of rotatable bonds is 9. The maximum Gasteiger partial charge on any atom is 0.246 e. The van der Waals surface area contributed by atoms with Crippen molar-refractivity contribution < 1.29 is 14.4 Å². The second-order valence-corrected chi connectivity index (χ2v) is 7.89. The molecule has 0 aliphatic carbocycles. The van der Waals surface area contributed by atoms with Crippen LogP contribution in [0.1, 0.15) is 51.0 Å². The predicted molar refractivity (Wildman–Crippen MR) is 108 cm³/mol. The zero-order valence-corrected chi connectivity index (χ0v) is 16.7. The van der Waals surface area contributed by atoms with E-state index in [4.69, 9.17) is 5.73 Å². The molecule has 2 aliphatic heterocycles. The Kier molecular flexibility index (Phi) is 6.83. The van der Waals surface area contributed by atoms with Crippen LogP contribution in [0.4, 0.5) is 0 Å². The minimum atomic E-state index is -0.553. The molecular weight excluding hydrogens is 354 g/mol. The first-order valence-corrected chi connectivity index (χ1v) is 10.4. The van der Waals surface area contributed by atoms with Gasteiger partial charge in [0.25, 0.3) is 0 Å². The molecule has 0 unspecified atom stereocenters. The Balaban J connectivity index is 1.83. The van der Waals surface area contributed by atoms with Gasteiger partial charge in [0.1, 0.15) is 12.1 Å². The summed E-state index contributed by atoms with van der Waals surface area (Å²) in [4.78, 5) is 42.4. The largest absolute Gasteiger partial charge is 0.330 e. The van der Waals surface area contributed by atoms with Crippen LogP contribution in [-0.2, 0) is 20.8 Å². The second-order valence-electron chi connectivity index (χ2n) is 7.89. The summed E-state index contributed by atoms with van der Waals surface area (Å²) in [6.45, 7) is 2.74. The number of piperazine rings is 1. The number of carbonyl (C=O) groups excluding carboxylic acids is 3. The van der Waals surface area contributed by atoms with Gasteiger partial charge >= 0.3 is 0 Å². The smallest absolute Gasteiger partial charge is 0.246 e. The molecular formula is C22H31N3O3. The third-order valence-corrected chi connectivity index (χ3v) is 5.98. The molecule has 2 amide bonds. The fourth-order valence-electron chi connectivity index (χ4n) is 4.52. The van der Waals surface area contributed by atoms with E-state index in [1.807, 2.05) is 30.3 Å². The summed E-state index contributed by atoms with van der Waals surface area (Å²) in [5.74, 6) is -0.0967. The lowest BCUT2D eigenvalue weighted by Gasteiger charge is -2.45. The summed E-state index contributed by atoms with van der Waals surface area (Å²) in [6, 6.07) is 8.47. The molecule has 2 aliphatic rings. The van der Waals surface area contributed by atoms with Gasteiger partial charge in [-0.05, 0) is 64.0 Å². The van der Waals surface area contributed by atoms with E-state index in [9.17, 15) is 14.4 Å². The molecule has 6 heteroatoms. The molecule has 3 atom stereocenters. The van der Waals surface area contributed by atoms with E-state index in [2.05, 4.69) is 0 Å². The molecule has 1 aromatic rings. The Morgan fingerprint density at radius 3 is 2.61 bits per heavy atom. The van der Waals surface area contributed by atoms with Crippen molar-refractivity contribution >= 4 is 17.6 Å². The topological polar surface area (TPSA) is 83.7 Å². The van der Waals surface area contributed by atoms with E-state index in [0.29, 0.717) is 38.8 Å². The number of amides is 2. The van der Waals surface area contributed by atoms with Crippen LogP contribution in [0.5, 0.6) is 0 Å². The summed E-state index contributed by atoms with van der Waals surface area (Å²) >= 11 is 0. The number of ketones is 1. The number of hydrogen-bond donors (Lipinski definition) is 1. The maximum atomic E-state index is 13.3. The van der Waals surface area contributed by atoms with Gasteiger partial charge in [-0.3, -0.25) is 14.4 Å². The van der Waals surface area contributed by atoms with Crippen molar-refractivity contribution in [1.82, 2.24) is 9.80 Å². The Morgan fingerprint density at radius 1 is 1.18 bits per heavy atom. The second kappa shape index (κ2) is 9.32. The molecule has 28 heavy (non-hydrogen) atoms. The summed E-state index contributed by atoms with van der Waals surface area (Å²) in [5.41, 5.74) is 6.75. The molecule has 0 saturated carbocycles. The molecule has 0 spiro atoms. The molecule has 0 aromatic heterocycles. The zero-order valence-electron chi connectivity index (χ0n) is 16.7. The lowest BCUT2D eigenvalue weighted by Crippen LogP contribution is -2.66. The Bertz CT molecular complexity index is 706. The molecule has 0 radical (unpaired) electrons. The van der Waals surface area contributed by atoms with Crippen LogP contribution in [0.15, 0.2) is 30.3 Å². The minimum absolute atomic E-state index is 0.00471. The molecule has 152 valence electrons. The van der Waals surface area contributed by atoms with Crippen LogP contribution in [0.25, 0.3) is 0 Å². The minimum Gasteiger partial charge on any atom is -0.330 e. The number of fused-ring (bicyclic) bond motifs is 1. The summed E-state index contributed by atoms with van der Waals surface area (Å²) in [7, 11) is 0. The van der Waals surface area contributed by atoms with E-state index in [1.54, 1.807) is 9.80 Å². The van der Waals surface area contributed by atoms with Gasteiger partial charge in [-0.1, -0.05) is 30.3 Å². The van der Waals surface area contributed by atoms with Crippen LogP contribution in [-0.4, -0.2) is 58.6 Å². The monoisotopic (exact) mass is 385 g/mol. The molecule has 2 fully saturated rings. The number of aryl methyl sites for hydroxylation is 1. The van der Waals surface area contributed by atoms with Crippen molar-refractivity contribution in [3.05, 3.63) is 35.9 Å². The summed E-state index contributed by atoms with van der Waals surface area (Å²) in [6.07, 6.45) is 4.94. The zero-order chi connectivity index (χ0) is 20.1. The lowest BCUT2D eigenvalue weighted by atomic mass is 9.93. The average molecular weight is 386 g/mol. The van der Waals surface area contributed by atoms with E-state index < -0.39 is 18.1 Å². The number of nitrogens with two attached hydrogens (primary N) is 1. The van der Waals surface area contributed by atoms with Gasteiger partial charge in [-0.25, -0.2) is 0 Å². The first-order valence-electron chi connectivity index (χ1n) is 10.4. The van der Waals surface area contributed by atoms with Crippen molar-refractivity contribution in [1.29, 1.82) is 0 Å². The van der Waals surface area contributed by atoms with Gasteiger partial charge in [-0.15, -0.1) is 0 Å². The quantitative estimate of drug-likeness (QED) is 0.658. The fourth-order valence-corrected chi connectivity index (χ4v) is 4.52. The van der Waals surface area contributed by atoms with E-state index in [0.717, 1.165) is 24.8 Å². The van der Waals surface area contributed by atoms with Crippen molar-refractivity contribution in [3.63, 3.8) is 0 Å². The van der Waals surface area contributed by atoms with Crippen molar-refractivity contribution in [3.8, 4) is 0 Å². The molecule has 3 rings (SSSR count). The summed E-state index contributed by atoms with van der Waals surface area (Å²) < 4.78 is 0.